The average molecular weight is 451 g/mol. The Balaban J connectivity index is 1.50. The fourth-order valence-electron chi connectivity index (χ4n) is 2.71. The number of hydrazone groups is 1. The van der Waals surface area contributed by atoms with Crippen molar-refractivity contribution in [3.8, 4) is 5.75 Å². The molecule has 31 heavy (non-hydrogen) atoms. The van der Waals surface area contributed by atoms with Crippen LogP contribution in [0.15, 0.2) is 81.1 Å². The first-order valence-corrected chi connectivity index (χ1v) is 10.6. The number of rotatable bonds is 6. The van der Waals surface area contributed by atoms with E-state index in [-0.39, 0.29) is 17.0 Å². The summed E-state index contributed by atoms with van der Waals surface area (Å²) in [5.74, 6) is -0.543. The number of nitro groups is 1. The van der Waals surface area contributed by atoms with E-state index >= 15 is 0 Å². The number of hydrogen-bond donors (Lipinski definition) is 2. The molecule has 0 bridgehead atoms. The van der Waals surface area contributed by atoms with Gasteiger partial charge in [0.2, 0.25) is 0 Å². The third-order valence-corrected chi connectivity index (χ3v) is 6.30. The summed E-state index contributed by atoms with van der Waals surface area (Å²) in [5.41, 5.74) is 3.80. The average Bonchev–Trinajstić information content (AvgIpc) is 3.17. The molecule has 154 valence electrons. The zero-order valence-electron chi connectivity index (χ0n) is 15.8. The third kappa shape index (κ3) is 4.87. The first kappa shape index (κ1) is 20.5. The summed E-state index contributed by atoms with van der Waals surface area (Å²) >= 11 is 2.70. The van der Waals surface area contributed by atoms with Crippen LogP contribution in [-0.2, 0) is 0 Å². The SMILES string of the molecule is O=C(NN=Cc1ccc(Sc2nc3ccccc3s2)c([N+](=O)[O-])c1)c1cccc(O)c1. The van der Waals surface area contributed by atoms with Gasteiger partial charge in [-0.15, -0.1) is 11.3 Å². The second kappa shape index (κ2) is 8.94. The van der Waals surface area contributed by atoms with Crippen LogP contribution in [0.25, 0.3) is 10.2 Å². The highest BCUT2D eigenvalue weighted by molar-refractivity contribution is 8.01. The lowest BCUT2D eigenvalue weighted by molar-refractivity contribution is -0.387. The van der Waals surface area contributed by atoms with Crippen molar-refractivity contribution in [2.75, 3.05) is 0 Å². The van der Waals surface area contributed by atoms with Crippen LogP contribution in [-0.4, -0.2) is 27.1 Å². The molecule has 10 heteroatoms. The van der Waals surface area contributed by atoms with Crippen molar-refractivity contribution in [3.05, 3.63) is 88.0 Å². The van der Waals surface area contributed by atoms with E-state index in [1.54, 1.807) is 18.2 Å². The molecule has 1 aromatic heterocycles. The normalized spacial score (nSPS) is 11.1. The molecule has 4 rings (SSSR count). The number of phenols is 1. The first-order chi connectivity index (χ1) is 15.0. The number of aromatic hydroxyl groups is 1. The number of thiazole rings is 1. The van der Waals surface area contributed by atoms with Crippen molar-refractivity contribution in [1.82, 2.24) is 10.4 Å². The van der Waals surface area contributed by atoms with Gasteiger partial charge in [-0.2, -0.15) is 5.10 Å². The Morgan fingerprint density at radius 1 is 1.16 bits per heavy atom. The number of benzene rings is 3. The van der Waals surface area contributed by atoms with Crippen LogP contribution < -0.4 is 5.43 Å². The number of para-hydroxylation sites is 1. The van der Waals surface area contributed by atoms with Gasteiger partial charge < -0.3 is 5.11 Å². The van der Waals surface area contributed by atoms with Crippen LogP contribution >= 0.6 is 23.1 Å². The Kier molecular flexibility index (Phi) is 5.92. The molecule has 0 saturated heterocycles. The largest absolute Gasteiger partial charge is 0.508 e. The van der Waals surface area contributed by atoms with Crippen molar-refractivity contribution in [1.29, 1.82) is 0 Å². The van der Waals surface area contributed by atoms with Crippen LogP contribution in [0.2, 0.25) is 0 Å². The lowest BCUT2D eigenvalue weighted by Gasteiger charge is -2.02. The molecule has 0 radical (unpaired) electrons. The van der Waals surface area contributed by atoms with Crippen LogP contribution in [0.1, 0.15) is 15.9 Å². The fraction of sp³-hybridized carbons (Fsp3) is 0. The number of amides is 1. The number of hydrogen-bond acceptors (Lipinski definition) is 8. The first-order valence-electron chi connectivity index (χ1n) is 8.94. The molecule has 0 spiro atoms. The van der Waals surface area contributed by atoms with Gasteiger partial charge in [0, 0.05) is 17.2 Å². The van der Waals surface area contributed by atoms with Gasteiger partial charge in [-0.1, -0.05) is 36.0 Å². The summed E-state index contributed by atoms with van der Waals surface area (Å²) in [6.45, 7) is 0. The van der Waals surface area contributed by atoms with E-state index in [1.165, 1.54) is 53.6 Å². The van der Waals surface area contributed by atoms with Crippen molar-refractivity contribution in [2.45, 2.75) is 9.24 Å². The van der Waals surface area contributed by atoms with Gasteiger partial charge in [-0.3, -0.25) is 14.9 Å². The maximum Gasteiger partial charge on any atom is 0.283 e. The number of carbonyl (C=O) groups is 1. The number of nitrogens with zero attached hydrogens (tertiary/aromatic N) is 3. The molecule has 0 aliphatic heterocycles. The number of aromatic nitrogens is 1. The van der Waals surface area contributed by atoms with Crippen molar-refractivity contribution >= 4 is 51.1 Å². The quantitative estimate of drug-likeness (QED) is 0.247. The predicted octanol–water partition coefficient (Wildman–Crippen LogP) is 4.83. The minimum atomic E-state index is -0.510. The number of carbonyl (C=O) groups excluding carboxylic acids is 1. The molecular weight excluding hydrogens is 436 g/mol. The highest BCUT2D eigenvalue weighted by atomic mass is 32.2. The Morgan fingerprint density at radius 2 is 2.00 bits per heavy atom. The summed E-state index contributed by atoms with van der Waals surface area (Å²) in [7, 11) is 0. The van der Waals surface area contributed by atoms with Gasteiger partial charge in [-0.25, -0.2) is 10.4 Å². The van der Waals surface area contributed by atoms with Crippen LogP contribution in [0.5, 0.6) is 5.75 Å². The molecule has 2 N–H and O–H groups in total. The topological polar surface area (TPSA) is 118 Å². The minimum Gasteiger partial charge on any atom is -0.508 e. The second-order valence-corrected chi connectivity index (χ2v) is 8.60. The van der Waals surface area contributed by atoms with E-state index in [0.717, 1.165) is 10.2 Å². The summed E-state index contributed by atoms with van der Waals surface area (Å²) < 4.78 is 1.72. The molecule has 0 atom stereocenters. The van der Waals surface area contributed by atoms with Gasteiger partial charge in [0.05, 0.1) is 26.3 Å². The number of nitro benzene ring substituents is 1. The molecule has 0 saturated carbocycles. The van der Waals surface area contributed by atoms with Crippen molar-refractivity contribution in [2.24, 2.45) is 5.10 Å². The maximum atomic E-state index is 12.0. The standard InChI is InChI=1S/C21H14N4O4S2/c26-15-5-3-4-14(11-15)20(27)24-22-12-13-8-9-19(17(10-13)25(28)29)31-21-23-16-6-1-2-7-18(16)30-21/h1-12,26H,(H,24,27). The molecule has 0 aliphatic carbocycles. The van der Waals surface area contributed by atoms with E-state index < -0.39 is 10.8 Å². The summed E-state index contributed by atoms with van der Waals surface area (Å²) in [6, 6.07) is 18.2. The van der Waals surface area contributed by atoms with Gasteiger partial charge in [-0.05, 0) is 36.4 Å². The Morgan fingerprint density at radius 3 is 2.77 bits per heavy atom. The highest BCUT2D eigenvalue weighted by Gasteiger charge is 2.17. The summed E-state index contributed by atoms with van der Waals surface area (Å²) in [6.07, 6.45) is 1.32. The minimum absolute atomic E-state index is 0.0338. The monoisotopic (exact) mass is 450 g/mol. The Bertz CT molecular complexity index is 1290. The molecule has 0 aliphatic rings. The number of phenolic OH excluding ortho intramolecular Hbond substituents is 1. The van der Waals surface area contributed by atoms with E-state index in [0.29, 0.717) is 14.8 Å². The van der Waals surface area contributed by atoms with E-state index in [4.69, 9.17) is 0 Å². The second-order valence-electron chi connectivity index (χ2n) is 6.28. The lowest BCUT2D eigenvalue weighted by atomic mass is 10.2. The van der Waals surface area contributed by atoms with Crippen LogP contribution in [0, 0.1) is 10.1 Å². The van der Waals surface area contributed by atoms with Crippen LogP contribution in [0.3, 0.4) is 0 Å². The van der Waals surface area contributed by atoms with Crippen molar-refractivity contribution in [3.63, 3.8) is 0 Å². The van der Waals surface area contributed by atoms with Crippen molar-refractivity contribution < 1.29 is 14.8 Å². The van der Waals surface area contributed by atoms with Gasteiger partial charge >= 0.3 is 0 Å². The predicted molar refractivity (Wildman–Crippen MR) is 120 cm³/mol. The van der Waals surface area contributed by atoms with E-state index in [1.807, 2.05) is 24.3 Å². The molecular formula is C21H14N4O4S2. The van der Waals surface area contributed by atoms with Gasteiger partial charge in [0.1, 0.15) is 5.75 Å². The third-order valence-electron chi connectivity index (χ3n) is 4.14. The molecule has 3 aromatic carbocycles. The summed E-state index contributed by atoms with van der Waals surface area (Å²) in [5, 5.41) is 24.9. The molecule has 4 aromatic rings. The van der Waals surface area contributed by atoms with Crippen LogP contribution in [0.4, 0.5) is 5.69 Å². The molecule has 1 heterocycles. The lowest BCUT2D eigenvalue weighted by Crippen LogP contribution is -2.17. The van der Waals surface area contributed by atoms with Gasteiger partial charge in [0.15, 0.2) is 4.34 Å². The fourth-order valence-corrected chi connectivity index (χ4v) is 4.82. The van der Waals surface area contributed by atoms with E-state index in [9.17, 15) is 20.0 Å². The molecule has 0 unspecified atom stereocenters. The van der Waals surface area contributed by atoms with Gasteiger partial charge in [0.25, 0.3) is 11.6 Å². The van der Waals surface area contributed by atoms with E-state index in [2.05, 4.69) is 15.5 Å². The smallest absolute Gasteiger partial charge is 0.283 e. The maximum absolute atomic E-state index is 12.0. The Labute approximate surface area is 184 Å². The zero-order valence-corrected chi connectivity index (χ0v) is 17.4. The molecule has 1 amide bonds. The highest BCUT2D eigenvalue weighted by Crippen LogP contribution is 2.38. The molecule has 8 nitrogen and oxygen atoms in total. The molecule has 0 fully saturated rings. The number of nitrogens with one attached hydrogen (secondary N) is 1. The number of fused-ring (bicyclic) bond motifs is 1. The Hall–Kier alpha value is -3.76. The zero-order chi connectivity index (χ0) is 21.8. The summed E-state index contributed by atoms with van der Waals surface area (Å²) in [4.78, 5) is 28.1.